The first-order valence-corrected chi connectivity index (χ1v) is 8.39. The first-order chi connectivity index (χ1) is 10.4. The molecule has 0 saturated carbocycles. The molecule has 2 rings (SSSR count). The lowest BCUT2D eigenvalue weighted by Crippen LogP contribution is -2.34. The van der Waals surface area contributed by atoms with E-state index in [0.29, 0.717) is 21.6 Å². The second-order valence-corrected chi connectivity index (χ2v) is 7.06. The molecule has 0 aliphatic heterocycles. The monoisotopic (exact) mass is 357 g/mol. The molecule has 0 saturated heterocycles. The number of thiazole rings is 1. The lowest BCUT2D eigenvalue weighted by Gasteiger charge is -2.13. The van der Waals surface area contributed by atoms with E-state index in [-0.39, 0.29) is 17.9 Å². The number of nitrogens with two attached hydrogens (primary N) is 1. The van der Waals surface area contributed by atoms with Gasteiger partial charge >= 0.3 is 0 Å². The predicted octanol–water partition coefficient (Wildman–Crippen LogP) is 3.96. The molecule has 2 aromatic rings. The molecule has 0 aliphatic carbocycles. The van der Waals surface area contributed by atoms with Crippen LogP contribution in [0.3, 0.4) is 0 Å². The molecule has 0 spiro atoms. The molecule has 2 atom stereocenters. The SMILES string of the molecule is CC(N)C(C)C(=O)Nc1ncc(Cc2cccc(Cl)c2Cl)s1. The molecule has 2 unspecified atom stereocenters. The van der Waals surface area contributed by atoms with Crippen molar-refractivity contribution in [2.24, 2.45) is 11.7 Å². The van der Waals surface area contributed by atoms with Gasteiger partial charge < -0.3 is 11.1 Å². The lowest BCUT2D eigenvalue weighted by molar-refractivity contribution is -0.119. The predicted molar refractivity (Wildman–Crippen MR) is 92.8 cm³/mol. The molecule has 0 bridgehead atoms. The zero-order valence-corrected chi connectivity index (χ0v) is 14.6. The van der Waals surface area contributed by atoms with Crippen LogP contribution in [-0.4, -0.2) is 16.9 Å². The number of nitrogens with one attached hydrogen (secondary N) is 1. The molecule has 118 valence electrons. The molecule has 1 heterocycles. The highest BCUT2D eigenvalue weighted by atomic mass is 35.5. The molecule has 4 nitrogen and oxygen atoms in total. The number of benzene rings is 1. The van der Waals surface area contributed by atoms with Crippen molar-refractivity contribution in [1.29, 1.82) is 0 Å². The van der Waals surface area contributed by atoms with Gasteiger partial charge in [-0.2, -0.15) is 0 Å². The Bertz CT molecular complexity index is 673. The smallest absolute Gasteiger partial charge is 0.230 e. The standard InChI is InChI=1S/C15H17Cl2N3OS/c1-8(9(2)18)14(21)20-15-19-7-11(22-15)6-10-4-3-5-12(16)13(10)17/h3-5,7-9H,6,18H2,1-2H3,(H,19,20,21). The van der Waals surface area contributed by atoms with Crippen LogP contribution in [0, 0.1) is 5.92 Å². The van der Waals surface area contributed by atoms with Gasteiger partial charge in [-0.3, -0.25) is 4.79 Å². The van der Waals surface area contributed by atoms with Crippen molar-refractivity contribution in [1.82, 2.24) is 4.98 Å². The minimum absolute atomic E-state index is 0.128. The quantitative estimate of drug-likeness (QED) is 0.850. The average molecular weight is 358 g/mol. The van der Waals surface area contributed by atoms with Crippen LogP contribution in [0.25, 0.3) is 0 Å². The number of rotatable bonds is 5. The fraction of sp³-hybridized carbons (Fsp3) is 0.333. The van der Waals surface area contributed by atoms with E-state index in [1.54, 1.807) is 26.1 Å². The molecule has 0 fully saturated rings. The Labute approximate surface area is 143 Å². The Hall–Kier alpha value is -1.14. The molecular formula is C15H17Cl2N3OS. The third kappa shape index (κ3) is 4.20. The van der Waals surface area contributed by atoms with Crippen LogP contribution in [0.5, 0.6) is 0 Å². The number of hydrogen-bond acceptors (Lipinski definition) is 4. The Morgan fingerprint density at radius 2 is 2.14 bits per heavy atom. The van der Waals surface area contributed by atoms with Crippen LogP contribution in [0.1, 0.15) is 24.3 Å². The van der Waals surface area contributed by atoms with Crippen molar-refractivity contribution in [2.45, 2.75) is 26.3 Å². The van der Waals surface area contributed by atoms with Crippen LogP contribution in [-0.2, 0) is 11.2 Å². The highest BCUT2D eigenvalue weighted by Crippen LogP contribution is 2.29. The Morgan fingerprint density at radius 1 is 1.41 bits per heavy atom. The maximum absolute atomic E-state index is 12.0. The first kappa shape index (κ1) is 17.2. The Kier molecular flexibility index (Phi) is 5.81. The maximum Gasteiger partial charge on any atom is 0.230 e. The third-order valence-electron chi connectivity index (χ3n) is 3.38. The summed E-state index contributed by atoms with van der Waals surface area (Å²) in [6.07, 6.45) is 2.35. The second-order valence-electron chi connectivity index (χ2n) is 5.16. The minimum Gasteiger partial charge on any atom is -0.327 e. The van der Waals surface area contributed by atoms with Gasteiger partial charge in [0.15, 0.2) is 5.13 Å². The molecule has 0 radical (unpaired) electrons. The highest BCUT2D eigenvalue weighted by Gasteiger charge is 2.18. The summed E-state index contributed by atoms with van der Waals surface area (Å²) < 4.78 is 0. The highest BCUT2D eigenvalue weighted by molar-refractivity contribution is 7.15. The molecule has 7 heteroatoms. The van der Waals surface area contributed by atoms with Crippen molar-refractivity contribution in [3.63, 3.8) is 0 Å². The molecule has 3 N–H and O–H groups in total. The van der Waals surface area contributed by atoms with Crippen LogP contribution in [0.4, 0.5) is 5.13 Å². The zero-order chi connectivity index (χ0) is 16.3. The number of amides is 1. The van der Waals surface area contributed by atoms with Crippen LogP contribution < -0.4 is 11.1 Å². The van der Waals surface area contributed by atoms with Crippen molar-refractivity contribution >= 4 is 45.6 Å². The third-order valence-corrected chi connectivity index (χ3v) is 5.15. The summed E-state index contributed by atoms with van der Waals surface area (Å²) in [6, 6.07) is 5.33. The summed E-state index contributed by atoms with van der Waals surface area (Å²) in [5.74, 6) is -0.397. The van der Waals surface area contributed by atoms with Gasteiger partial charge in [-0.1, -0.05) is 42.3 Å². The van der Waals surface area contributed by atoms with Gasteiger partial charge in [0, 0.05) is 23.5 Å². The summed E-state index contributed by atoms with van der Waals surface area (Å²) in [5, 5.41) is 4.43. The van der Waals surface area contributed by atoms with Crippen LogP contribution in [0.15, 0.2) is 24.4 Å². The zero-order valence-electron chi connectivity index (χ0n) is 12.3. The van der Waals surface area contributed by atoms with Gasteiger partial charge in [0.2, 0.25) is 5.91 Å². The Morgan fingerprint density at radius 3 is 2.82 bits per heavy atom. The number of hydrogen-bond donors (Lipinski definition) is 2. The summed E-state index contributed by atoms with van der Waals surface area (Å²) in [4.78, 5) is 17.2. The van der Waals surface area contributed by atoms with Gasteiger partial charge in [0.1, 0.15) is 0 Å². The van der Waals surface area contributed by atoms with Crippen molar-refractivity contribution < 1.29 is 4.79 Å². The Balaban J connectivity index is 2.06. The molecular weight excluding hydrogens is 341 g/mol. The average Bonchev–Trinajstić information content (AvgIpc) is 2.90. The first-order valence-electron chi connectivity index (χ1n) is 6.82. The molecule has 1 aromatic carbocycles. The summed E-state index contributed by atoms with van der Waals surface area (Å²) >= 11 is 13.6. The number of halogens is 2. The van der Waals surface area contributed by atoms with E-state index in [9.17, 15) is 4.79 Å². The van der Waals surface area contributed by atoms with E-state index >= 15 is 0 Å². The van der Waals surface area contributed by atoms with E-state index in [0.717, 1.165) is 10.4 Å². The molecule has 1 aromatic heterocycles. The second kappa shape index (κ2) is 7.42. The van der Waals surface area contributed by atoms with Crippen LogP contribution >= 0.6 is 34.5 Å². The van der Waals surface area contributed by atoms with Gasteiger partial charge in [0.05, 0.1) is 16.0 Å². The topological polar surface area (TPSA) is 68.0 Å². The number of carbonyl (C=O) groups is 1. The van der Waals surface area contributed by atoms with Gasteiger partial charge in [-0.15, -0.1) is 11.3 Å². The van der Waals surface area contributed by atoms with E-state index in [1.165, 1.54) is 11.3 Å². The van der Waals surface area contributed by atoms with Crippen molar-refractivity contribution in [3.8, 4) is 0 Å². The van der Waals surface area contributed by atoms with E-state index in [4.69, 9.17) is 28.9 Å². The van der Waals surface area contributed by atoms with Crippen molar-refractivity contribution in [2.75, 3.05) is 5.32 Å². The van der Waals surface area contributed by atoms with Crippen molar-refractivity contribution in [3.05, 3.63) is 44.9 Å². The fourth-order valence-electron chi connectivity index (χ4n) is 1.78. The molecule has 1 amide bonds. The number of nitrogens with zero attached hydrogens (tertiary/aromatic N) is 1. The minimum atomic E-state index is -0.269. The number of aromatic nitrogens is 1. The summed E-state index contributed by atoms with van der Waals surface area (Å²) in [7, 11) is 0. The molecule has 0 aliphatic rings. The largest absolute Gasteiger partial charge is 0.327 e. The number of carbonyl (C=O) groups excluding carboxylic acids is 1. The van der Waals surface area contributed by atoms with Gasteiger partial charge in [-0.05, 0) is 18.6 Å². The van der Waals surface area contributed by atoms with E-state index < -0.39 is 0 Å². The fourth-order valence-corrected chi connectivity index (χ4v) is 3.00. The summed E-state index contributed by atoms with van der Waals surface area (Å²) in [6.45, 7) is 3.60. The molecule has 22 heavy (non-hydrogen) atoms. The normalized spacial score (nSPS) is 13.7. The lowest BCUT2D eigenvalue weighted by atomic mass is 10.0. The number of anilines is 1. The van der Waals surface area contributed by atoms with Crippen LogP contribution in [0.2, 0.25) is 10.0 Å². The van der Waals surface area contributed by atoms with Gasteiger partial charge in [0.25, 0.3) is 0 Å². The van der Waals surface area contributed by atoms with Gasteiger partial charge in [-0.25, -0.2) is 4.98 Å². The summed E-state index contributed by atoms with van der Waals surface area (Å²) in [5.41, 5.74) is 6.65. The van der Waals surface area contributed by atoms with E-state index in [2.05, 4.69) is 10.3 Å². The maximum atomic E-state index is 12.0. The van der Waals surface area contributed by atoms with E-state index in [1.807, 2.05) is 12.1 Å².